The van der Waals surface area contributed by atoms with E-state index in [0.29, 0.717) is 0 Å². The van der Waals surface area contributed by atoms with Crippen molar-refractivity contribution in [3.63, 3.8) is 0 Å². The van der Waals surface area contributed by atoms with Crippen molar-refractivity contribution in [3.8, 4) is 0 Å². The van der Waals surface area contributed by atoms with Gasteiger partial charge in [0.25, 0.3) is 0 Å². The van der Waals surface area contributed by atoms with Gasteiger partial charge in [-0.2, -0.15) is 12.8 Å². The summed E-state index contributed by atoms with van der Waals surface area (Å²) in [4.78, 5) is 0. The van der Waals surface area contributed by atoms with Gasteiger partial charge in [-0.15, -0.1) is 0 Å². The lowest BCUT2D eigenvalue weighted by Crippen LogP contribution is -2.19. The normalized spacial score (nSPS) is 15.5. The predicted molar refractivity (Wildman–Crippen MR) is 41.7 cm³/mol. The molecule has 4 nitrogen and oxygen atoms in total. The summed E-state index contributed by atoms with van der Waals surface area (Å²) in [5.41, 5.74) is 0. The first-order valence-corrected chi connectivity index (χ1v) is 4.56. The molecule has 0 saturated carbocycles. The third-order valence-electron chi connectivity index (χ3n) is 1.71. The fourth-order valence-electron chi connectivity index (χ4n) is 0.700. The van der Waals surface area contributed by atoms with Gasteiger partial charge in [-0.1, -0.05) is 20.3 Å². The van der Waals surface area contributed by atoms with Gasteiger partial charge in [0.1, 0.15) is 0 Å². The minimum atomic E-state index is -2.40. The van der Waals surface area contributed by atoms with Gasteiger partial charge in [0.2, 0.25) is 0 Å². The molecule has 0 aromatic heterocycles. The number of hydrogen-bond donors (Lipinski definition) is 1. The van der Waals surface area contributed by atoms with Gasteiger partial charge in [0.15, 0.2) is 0 Å². The molecule has 0 aromatic rings. The summed E-state index contributed by atoms with van der Waals surface area (Å²) in [6, 6.07) is -0.474. The number of nitrogens with zero attached hydrogens (tertiary/aromatic N) is 1. The molecule has 0 spiro atoms. The van der Waals surface area contributed by atoms with Crippen LogP contribution in [0.1, 0.15) is 20.3 Å². The van der Waals surface area contributed by atoms with E-state index in [1.54, 1.807) is 0 Å². The van der Waals surface area contributed by atoms with Gasteiger partial charge in [0.05, 0.1) is 12.6 Å². The highest BCUT2D eigenvalue weighted by molar-refractivity contribution is 7.61. The third kappa shape index (κ3) is 4.10. The molecule has 11 heavy (non-hydrogen) atoms. The topological polar surface area (TPSA) is 66.7 Å². The summed E-state index contributed by atoms with van der Waals surface area (Å²) in [5.74, 6) is 0.109. The van der Waals surface area contributed by atoms with Crippen LogP contribution in [-0.4, -0.2) is 26.2 Å². The van der Waals surface area contributed by atoms with E-state index in [-0.39, 0.29) is 12.5 Å². The second-order valence-corrected chi connectivity index (χ2v) is 3.10. The molecule has 66 valence electrons. The standard InChI is InChI=1S/C6H13NO3S/c1-3-5(2)6(4-8)7-11(9)10/h5-6,8H,3-4H2,1-2H3/t5-,6+/m0/s1. The fraction of sp³-hybridized carbons (Fsp3) is 1.00. The second-order valence-electron chi connectivity index (χ2n) is 2.46. The van der Waals surface area contributed by atoms with Crippen molar-refractivity contribution in [3.05, 3.63) is 0 Å². The van der Waals surface area contributed by atoms with Crippen LogP contribution in [0.25, 0.3) is 0 Å². The van der Waals surface area contributed by atoms with Crippen molar-refractivity contribution in [1.29, 1.82) is 0 Å². The van der Waals surface area contributed by atoms with Crippen LogP contribution in [0.2, 0.25) is 0 Å². The van der Waals surface area contributed by atoms with Crippen LogP contribution in [0.3, 0.4) is 0 Å². The highest BCUT2D eigenvalue weighted by Crippen LogP contribution is 2.09. The molecule has 0 bridgehead atoms. The van der Waals surface area contributed by atoms with Crippen LogP contribution in [-0.2, 0) is 10.5 Å². The lowest BCUT2D eigenvalue weighted by atomic mass is 10.0. The fourth-order valence-corrected chi connectivity index (χ4v) is 1.20. The van der Waals surface area contributed by atoms with Crippen molar-refractivity contribution < 1.29 is 13.5 Å². The summed E-state index contributed by atoms with van der Waals surface area (Å²) < 4.78 is 23.6. The third-order valence-corrected chi connectivity index (χ3v) is 2.15. The average molecular weight is 179 g/mol. The largest absolute Gasteiger partial charge is 0.394 e. The zero-order chi connectivity index (χ0) is 8.85. The Hall–Kier alpha value is -0.420. The van der Waals surface area contributed by atoms with E-state index >= 15 is 0 Å². The van der Waals surface area contributed by atoms with E-state index in [1.165, 1.54) is 0 Å². The lowest BCUT2D eigenvalue weighted by Gasteiger charge is -2.12. The Kier molecular flexibility index (Phi) is 5.06. The molecule has 0 amide bonds. The summed E-state index contributed by atoms with van der Waals surface area (Å²) in [7, 11) is -2.40. The Morgan fingerprint density at radius 1 is 1.55 bits per heavy atom. The predicted octanol–water partition coefficient (Wildman–Crippen LogP) is 0.456. The molecule has 0 radical (unpaired) electrons. The lowest BCUT2D eigenvalue weighted by molar-refractivity contribution is 0.232. The van der Waals surface area contributed by atoms with Crippen molar-refractivity contribution >= 4 is 10.5 Å². The van der Waals surface area contributed by atoms with Crippen LogP contribution in [0.4, 0.5) is 0 Å². The first-order chi connectivity index (χ1) is 5.11. The molecular formula is C6H13NO3S. The van der Waals surface area contributed by atoms with Gasteiger partial charge >= 0.3 is 10.5 Å². The van der Waals surface area contributed by atoms with E-state index < -0.39 is 16.5 Å². The van der Waals surface area contributed by atoms with Crippen LogP contribution in [0.15, 0.2) is 4.36 Å². The van der Waals surface area contributed by atoms with Crippen LogP contribution in [0.5, 0.6) is 0 Å². The van der Waals surface area contributed by atoms with E-state index in [0.717, 1.165) is 6.42 Å². The Morgan fingerprint density at radius 2 is 2.09 bits per heavy atom. The molecule has 5 heteroatoms. The molecule has 2 atom stereocenters. The van der Waals surface area contributed by atoms with E-state index in [9.17, 15) is 8.42 Å². The van der Waals surface area contributed by atoms with Crippen molar-refractivity contribution in [2.24, 2.45) is 10.3 Å². The summed E-state index contributed by atoms with van der Waals surface area (Å²) in [5, 5.41) is 8.71. The molecule has 0 fully saturated rings. The smallest absolute Gasteiger partial charge is 0.311 e. The first-order valence-electron chi connectivity index (χ1n) is 3.52. The maximum absolute atomic E-state index is 10.1. The highest BCUT2D eigenvalue weighted by Gasteiger charge is 2.13. The number of hydrogen-bond acceptors (Lipinski definition) is 4. The molecular weight excluding hydrogens is 166 g/mol. The molecule has 0 unspecified atom stereocenters. The van der Waals surface area contributed by atoms with Gasteiger partial charge in [-0.25, -0.2) is 0 Å². The minimum absolute atomic E-state index is 0.109. The SMILES string of the molecule is CC[C@H](C)[C@@H](CO)N=S(=O)=O. The number of aliphatic hydroxyl groups is 1. The average Bonchev–Trinajstić information content (AvgIpc) is 1.98. The van der Waals surface area contributed by atoms with E-state index in [1.807, 2.05) is 13.8 Å². The zero-order valence-corrected chi connectivity index (χ0v) is 7.50. The number of aliphatic hydroxyl groups excluding tert-OH is 1. The Labute approximate surface area is 68.0 Å². The summed E-state index contributed by atoms with van der Waals surface area (Å²) in [6.07, 6.45) is 0.811. The highest BCUT2D eigenvalue weighted by atomic mass is 32.2. The molecule has 0 saturated heterocycles. The van der Waals surface area contributed by atoms with Gasteiger partial charge < -0.3 is 5.11 Å². The van der Waals surface area contributed by atoms with Crippen molar-refractivity contribution in [1.82, 2.24) is 0 Å². The molecule has 0 rings (SSSR count). The van der Waals surface area contributed by atoms with E-state index in [2.05, 4.69) is 4.36 Å². The Balaban J connectivity index is 4.29. The Bertz CT molecular complexity index is 214. The summed E-state index contributed by atoms with van der Waals surface area (Å²) in [6.45, 7) is 3.58. The monoisotopic (exact) mass is 179 g/mol. The second kappa shape index (κ2) is 5.26. The molecule has 0 aliphatic carbocycles. The van der Waals surface area contributed by atoms with Gasteiger partial charge in [-0.3, -0.25) is 0 Å². The Morgan fingerprint density at radius 3 is 2.36 bits per heavy atom. The molecule has 0 aliphatic rings. The zero-order valence-electron chi connectivity index (χ0n) is 6.69. The quantitative estimate of drug-likeness (QED) is 0.681. The van der Waals surface area contributed by atoms with Crippen molar-refractivity contribution in [2.45, 2.75) is 26.3 Å². The van der Waals surface area contributed by atoms with Crippen LogP contribution >= 0.6 is 0 Å². The molecule has 0 aliphatic heterocycles. The minimum Gasteiger partial charge on any atom is -0.394 e. The van der Waals surface area contributed by atoms with E-state index in [4.69, 9.17) is 5.11 Å². The molecule has 0 aromatic carbocycles. The number of rotatable bonds is 4. The van der Waals surface area contributed by atoms with Crippen LogP contribution < -0.4 is 0 Å². The maximum Gasteiger partial charge on any atom is 0.311 e. The molecule has 0 heterocycles. The summed E-state index contributed by atoms with van der Waals surface area (Å²) >= 11 is 0. The molecule has 1 N–H and O–H groups in total. The maximum atomic E-state index is 10.1. The first kappa shape index (κ1) is 10.6. The van der Waals surface area contributed by atoms with Gasteiger partial charge in [0, 0.05) is 0 Å². The van der Waals surface area contributed by atoms with Gasteiger partial charge in [-0.05, 0) is 5.92 Å². The van der Waals surface area contributed by atoms with Crippen LogP contribution in [0, 0.1) is 5.92 Å². The van der Waals surface area contributed by atoms with Crippen molar-refractivity contribution in [2.75, 3.05) is 6.61 Å².